The number of likely N-dealkylation sites (tertiary alicyclic amines) is 1. The second-order valence-electron chi connectivity index (χ2n) is 5.34. The van der Waals surface area contributed by atoms with Gasteiger partial charge in [-0.25, -0.2) is 4.39 Å². The van der Waals surface area contributed by atoms with Crippen LogP contribution in [0, 0.1) is 11.7 Å². The fourth-order valence-electron chi connectivity index (χ4n) is 2.69. The Balaban J connectivity index is 1.65. The summed E-state index contributed by atoms with van der Waals surface area (Å²) in [6, 6.07) is 6.80. The first-order valence-corrected chi connectivity index (χ1v) is 7.01. The van der Waals surface area contributed by atoms with E-state index in [0.29, 0.717) is 18.6 Å². The van der Waals surface area contributed by atoms with E-state index in [4.69, 9.17) is 10.5 Å². The van der Waals surface area contributed by atoms with Crippen LogP contribution >= 0.6 is 0 Å². The van der Waals surface area contributed by atoms with Crippen molar-refractivity contribution in [2.75, 3.05) is 26.2 Å². The molecule has 4 heteroatoms. The van der Waals surface area contributed by atoms with E-state index in [-0.39, 0.29) is 5.82 Å². The van der Waals surface area contributed by atoms with Gasteiger partial charge in [-0.2, -0.15) is 0 Å². The Morgan fingerprint density at radius 2 is 2.11 bits per heavy atom. The van der Waals surface area contributed by atoms with E-state index in [1.165, 1.54) is 18.6 Å². The van der Waals surface area contributed by atoms with Gasteiger partial charge in [0.05, 0.1) is 6.61 Å². The van der Waals surface area contributed by atoms with Crippen LogP contribution in [-0.2, 0) is 0 Å². The molecule has 0 saturated carbocycles. The lowest BCUT2D eigenvalue weighted by Crippen LogP contribution is -2.29. The Morgan fingerprint density at radius 1 is 1.37 bits per heavy atom. The minimum atomic E-state index is -0.230. The van der Waals surface area contributed by atoms with Crippen molar-refractivity contribution in [1.82, 2.24) is 4.90 Å². The van der Waals surface area contributed by atoms with E-state index in [9.17, 15) is 4.39 Å². The van der Waals surface area contributed by atoms with E-state index < -0.39 is 0 Å². The fraction of sp³-hybridized carbons (Fsp3) is 0.600. The first-order valence-electron chi connectivity index (χ1n) is 7.01. The SMILES string of the molecule is CC1CC(CN)CN1CCCOc1ccc(F)cc1. The van der Waals surface area contributed by atoms with Gasteiger partial charge in [-0.05, 0) is 56.5 Å². The molecule has 1 aromatic carbocycles. The van der Waals surface area contributed by atoms with Crippen molar-refractivity contribution in [3.05, 3.63) is 30.1 Å². The zero-order valence-electron chi connectivity index (χ0n) is 11.5. The van der Waals surface area contributed by atoms with Gasteiger partial charge in [0.15, 0.2) is 0 Å². The molecule has 1 aromatic rings. The lowest BCUT2D eigenvalue weighted by Gasteiger charge is -2.20. The lowest BCUT2D eigenvalue weighted by atomic mass is 10.1. The van der Waals surface area contributed by atoms with Gasteiger partial charge in [-0.1, -0.05) is 0 Å². The van der Waals surface area contributed by atoms with Crippen LogP contribution in [0.25, 0.3) is 0 Å². The highest BCUT2D eigenvalue weighted by Crippen LogP contribution is 2.22. The molecule has 1 aliphatic rings. The third kappa shape index (κ3) is 4.18. The summed E-state index contributed by atoms with van der Waals surface area (Å²) in [6.45, 7) is 5.86. The van der Waals surface area contributed by atoms with E-state index in [2.05, 4.69) is 11.8 Å². The number of rotatable bonds is 6. The Labute approximate surface area is 114 Å². The molecule has 2 N–H and O–H groups in total. The van der Waals surface area contributed by atoms with Crippen molar-refractivity contribution in [3.63, 3.8) is 0 Å². The van der Waals surface area contributed by atoms with Crippen LogP contribution in [0.3, 0.4) is 0 Å². The quantitative estimate of drug-likeness (QED) is 0.803. The molecule has 3 nitrogen and oxygen atoms in total. The van der Waals surface area contributed by atoms with Gasteiger partial charge in [0.1, 0.15) is 11.6 Å². The van der Waals surface area contributed by atoms with Crippen LogP contribution in [0.5, 0.6) is 5.75 Å². The number of halogens is 1. The highest BCUT2D eigenvalue weighted by Gasteiger charge is 2.27. The minimum absolute atomic E-state index is 0.230. The first-order chi connectivity index (χ1) is 9.19. The molecule has 2 unspecified atom stereocenters. The molecule has 1 fully saturated rings. The van der Waals surface area contributed by atoms with Gasteiger partial charge in [-0.3, -0.25) is 0 Å². The molecule has 1 saturated heterocycles. The van der Waals surface area contributed by atoms with Crippen molar-refractivity contribution < 1.29 is 9.13 Å². The molecular weight excluding hydrogens is 243 g/mol. The zero-order valence-corrected chi connectivity index (χ0v) is 11.5. The Hall–Kier alpha value is -1.13. The predicted molar refractivity (Wildman–Crippen MR) is 74.7 cm³/mol. The smallest absolute Gasteiger partial charge is 0.123 e. The Kier molecular flexibility index (Phi) is 5.16. The Morgan fingerprint density at radius 3 is 2.74 bits per heavy atom. The number of nitrogens with two attached hydrogens (primary N) is 1. The van der Waals surface area contributed by atoms with Crippen molar-refractivity contribution in [2.45, 2.75) is 25.8 Å². The van der Waals surface area contributed by atoms with E-state index in [1.54, 1.807) is 12.1 Å². The molecule has 0 radical (unpaired) electrons. The summed E-state index contributed by atoms with van der Waals surface area (Å²) in [4.78, 5) is 2.48. The highest BCUT2D eigenvalue weighted by atomic mass is 19.1. The number of ether oxygens (including phenoxy) is 1. The maximum absolute atomic E-state index is 12.7. The summed E-state index contributed by atoms with van der Waals surface area (Å²) in [5.41, 5.74) is 5.72. The average Bonchev–Trinajstić information content (AvgIpc) is 2.77. The van der Waals surface area contributed by atoms with Crippen LogP contribution in [0.15, 0.2) is 24.3 Å². The second kappa shape index (κ2) is 6.87. The van der Waals surface area contributed by atoms with Crippen molar-refractivity contribution >= 4 is 0 Å². The molecule has 0 aliphatic carbocycles. The third-order valence-electron chi connectivity index (χ3n) is 3.80. The largest absolute Gasteiger partial charge is 0.494 e. The van der Waals surface area contributed by atoms with Crippen molar-refractivity contribution in [1.29, 1.82) is 0 Å². The van der Waals surface area contributed by atoms with E-state index in [0.717, 1.165) is 31.8 Å². The molecular formula is C15H23FN2O. The number of nitrogens with zero attached hydrogens (tertiary/aromatic N) is 1. The lowest BCUT2D eigenvalue weighted by molar-refractivity contribution is 0.227. The molecule has 19 heavy (non-hydrogen) atoms. The van der Waals surface area contributed by atoms with Crippen LogP contribution in [0.2, 0.25) is 0 Å². The summed E-state index contributed by atoms with van der Waals surface area (Å²) in [7, 11) is 0. The van der Waals surface area contributed by atoms with Crippen molar-refractivity contribution in [3.8, 4) is 5.75 Å². The summed E-state index contributed by atoms with van der Waals surface area (Å²) >= 11 is 0. The monoisotopic (exact) mass is 266 g/mol. The molecule has 0 amide bonds. The van der Waals surface area contributed by atoms with Gasteiger partial charge in [0.2, 0.25) is 0 Å². The molecule has 0 bridgehead atoms. The summed E-state index contributed by atoms with van der Waals surface area (Å²) in [6.07, 6.45) is 2.19. The van der Waals surface area contributed by atoms with Crippen LogP contribution in [0.4, 0.5) is 4.39 Å². The van der Waals surface area contributed by atoms with Crippen LogP contribution in [-0.4, -0.2) is 37.2 Å². The van der Waals surface area contributed by atoms with Crippen molar-refractivity contribution in [2.24, 2.45) is 11.7 Å². The maximum Gasteiger partial charge on any atom is 0.123 e. The summed E-state index contributed by atoms with van der Waals surface area (Å²) < 4.78 is 18.3. The van der Waals surface area contributed by atoms with Crippen LogP contribution in [0.1, 0.15) is 19.8 Å². The highest BCUT2D eigenvalue weighted by molar-refractivity contribution is 5.21. The topological polar surface area (TPSA) is 38.5 Å². The molecule has 0 spiro atoms. The summed E-state index contributed by atoms with van der Waals surface area (Å²) in [5, 5.41) is 0. The zero-order chi connectivity index (χ0) is 13.7. The molecule has 2 rings (SSSR count). The minimum Gasteiger partial charge on any atom is -0.494 e. The molecule has 2 atom stereocenters. The third-order valence-corrected chi connectivity index (χ3v) is 3.80. The van der Waals surface area contributed by atoms with Crippen LogP contribution < -0.4 is 10.5 Å². The first kappa shape index (κ1) is 14.3. The standard InChI is InChI=1S/C15H23FN2O/c1-12-9-13(10-17)11-18(12)7-2-8-19-15-5-3-14(16)4-6-15/h3-6,12-13H,2,7-11,17H2,1H3. The van der Waals surface area contributed by atoms with Gasteiger partial charge in [0.25, 0.3) is 0 Å². The predicted octanol–water partition coefficient (Wildman–Crippen LogP) is 2.26. The number of benzene rings is 1. The normalized spacial score (nSPS) is 23.7. The number of hydrogen-bond acceptors (Lipinski definition) is 3. The maximum atomic E-state index is 12.7. The van der Waals surface area contributed by atoms with Gasteiger partial charge >= 0.3 is 0 Å². The number of hydrogen-bond donors (Lipinski definition) is 1. The Bertz CT molecular complexity index is 382. The van der Waals surface area contributed by atoms with Gasteiger partial charge in [0, 0.05) is 19.1 Å². The fourth-order valence-corrected chi connectivity index (χ4v) is 2.69. The van der Waals surface area contributed by atoms with Gasteiger partial charge in [-0.15, -0.1) is 0 Å². The second-order valence-corrected chi connectivity index (χ2v) is 5.34. The molecule has 1 heterocycles. The average molecular weight is 266 g/mol. The molecule has 106 valence electrons. The van der Waals surface area contributed by atoms with E-state index >= 15 is 0 Å². The molecule has 1 aliphatic heterocycles. The molecule has 0 aromatic heterocycles. The van der Waals surface area contributed by atoms with E-state index in [1.807, 2.05) is 0 Å². The van der Waals surface area contributed by atoms with Gasteiger partial charge < -0.3 is 15.4 Å². The summed E-state index contributed by atoms with van der Waals surface area (Å²) in [5.74, 6) is 1.15.